The van der Waals surface area contributed by atoms with Gasteiger partial charge >= 0.3 is 0 Å². The second kappa shape index (κ2) is 3.70. The first-order chi connectivity index (χ1) is 5.92. The molecule has 2 rings (SSSR count). The molecule has 4 heteroatoms. The molecule has 2 aliphatic heterocycles. The van der Waals surface area contributed by atoms with Crippen molar-refractivity contribution in [1.29, 1.82) is 0 Å². The van der Waals surface area contributed by atoms with Gasteiger partial charge in [0.25, 0.3) is 0 Å². The van der Waals surface area contributed by atoms with Crippen LogP contribution >= 0.6 is 0 Å². The lowest BCUT2D eigenvalue weighted by Gasteiger charge is -2.41. The molecule has 0 radical (unpaired) electrons. The van der Waals surface area contributed by atoms with Gasteiger partial charge in [0.15, 0.2) is 0 Å². The normalized spacial score (nSPS) is 37.8. The molecule has 0 aromatic carbocycles. The summed E-state index contributed by atoms with van der Waals surface area (Å²) in [7, 11) is 0. The maximum Gasteiger partial charge on any atom is 0.0803 e. The van der Waals surface area contributed by atoms with Gasteiger partial charge in [0, 0.05) is 25.6 Å². The van der Waals surface area contributed by atoms with Crippen LogP contribution in [0.15, 0.2) is 0 Å². The summed E-state index contributed by atoms with van der Waals surface area (Å²) in [6, 6.07) is 0.144. The Morgan fingerprint density at radius 2 is 2.25 bits per heavy atom. The van der Waals surface area contributed by atoms with Crippen molar-refractivity contribution in [1.82, 2.24) is 10.6 Å². The summed E-state index contributed by atoms with van der Waals surface area (Å²) in [4.78, 5) is 0. The number of hydrogen-bond donors (Lipinski definition) is 3. The Morgan fingerprint density at radius 3 is 2.83 bits per heavy atom. The van der Waals surface area contributed by atoms with Gasteiger partial charge in [-0.25, -0.2) is 0 Å². The molecule has 0 bridgehead atoms. The van der Waals surface area contributed by atoms with Crippen molar-refractivity contribution in [2.75, 3.05) is 32.8 Å². The fourth-order valence-electron chi connectivity index (χ4n) is 1.85. The smallest absolute Gasteiger partial charge is 0.0803 e. The second-order valence-electron chi connectivity index (χ2n) is 3.50. The van der Waals surface area contributed by atoms with Gasteiger partial charge in [-0.1, -0.05) is 0 Å². The first kappa shape index (κ1) is 8.44. The van der Waals surface area contributed by atoms with Gasteiger partial charge in [0.2, 0.25) is 0 Å². The number of aliphatic hydroxyl groups is 1. The van der Waals surface area contributed by atoms with Crippen molar-refractivity contribution < 1.29 is 9.84 Å². The molecule has 2 fully saturated rings. The first-order valence-electron chi connectivity index (χ1n) is 4.58. The fourth-order valence-corrected chi connectivity index (χ4v) is 1.85. The van der Waals surface area contributed by atoms with Crippen LogP contribution in [-0.2, 0) is 4.74 Å². The van der Waals surface area contributed by atoms with Crippen molar-refractivity contribution in [3.63, 3.8) is 0 Å². The lowest BCUT2D eigenvalue weighted by Crippen LogP contribution is -2.60. The number of hydrogen-bond acceptors (Lipinski definition) is 4. The molecular weight excluding hydrogens is 156 g/mol. The molecule has 2 unspecified atom stereocenters. The molecule has 0 amide bonds. The summed E-state index contributed by atoms with van der Waals surface area (Å²) in [5, 5.41) is 15.5. The van der Waals surface area contributed by atoms with Gasteiger partial charge < -0.3 is 20.5 Å². The zero-order valence-electron chi connectivity index (χ0n) is 7.12. The molecule has 2 heterocycles. The van der Waals surface area contributed by atoms with Crippen LogP contribution in [0.25, 0.3) is 0 Å². The topological polar surface area (TPSA) is 53.5 Å². The maximum absolute atomic E-state index is 9.07. The van der Waals surface area contributed by atoms with E-state index in [0.29, 0.717) is 5.92 Å². The van der Waals surface area contributed by atoms with E-state index in [1.807, 2.05) is 0 Å². The van der Waals surface area contributed by atoms with E-state index in [0.717, 1.165) is 26.2 Å². The van der Waals surface area contributed by atoms with Crippen LogP contribution in [0.1, 0.15) is 0 Å². The summed E-state index contributed by atoms with van der Waals surface area (Å²) < 4.78 is 5.62. The molecular formula is C8H16N2O2. The van der Waals surface area contributed by atoms with E-state index >= 15 is 0 Å². The number of ether oxygens (including phenoxy) is 1. The van der Waals surface area contributed by atoms with Crippen molar-refractivity contribution >= 4 is 0 Å². The van der Waals surface area contributed by atoms with E-state index in [2.05, 4.69) is 10.6 Å². The van der Waals surface area contributed by atoms with E-state index in [9.17, 15) is 0 Å². The van der Waals surface area contributed by atoms with Crippen LogP contribution < -0.4 is 10.6 Å². The monoisotopic (exact) mass is 172 g/mol. The SMILES string of the molecule is OCC1NCCOC1C1CNC1. The van der Waals surface area contributed by atoms with E-state index < -0.39 is 0 Å². The summed E-state index contributed by atoms with van der Waals surface area (Å²) in [5.41, 5.74) is 0. The van der Waals surface area contributed by atoms with E-state index in [-0.39, 0.29) is 18.8 Å². The quantitative estimate of drug-likeness (QED) is 0.477. The molecule has 2 saturated heterocycles. The molecule has 0 aliphatic carbocycles. The van der Waals surface area contributed by atoms with Gasteiger partial charge in [-0.2, -0.15) is 0 Å². The predicted molar refractivity (Wildman–Crippen MR) is 45.0 cm³/mol. The number of morpholine rings is 1. The van der Waals surface area contributed by atoms with Crippen molar-refractivity contribution in [3.8, 4) is 0 Å². The Kier molecular flexibility index (Phi) is 2.60. The Hall–Kier alpha value is -0.160. The minimum atomic E-state index is 0.144. The average Bonchev–Trinajstić information content (AvgIpc) is 2.02. The van der Waals surface area contributed by atoms with Crippen LogP contribution in [0, 0.1) is 5.92 Å². The maximum atomic E-state index is 9.07. The van der Waals surface area contributed by atoms with Crippen LogP contribution in [0.4, 0.5) is 0 Å². The largest absolute Gasteiger partial charge is 0.395 e. The van der Waals surface area contributed by atoms with Crippen molar-refractivity contribution in [2.24, 2.45) is 5.92 Å². The summed E-state index contributed by atoms with van der Waals surface area (Å²) in [6.45, 7) is 3.88. The van der Waals surface area contributed by atoms with Gasteiger partial charge in [-0.05, 0) is 0 Å². The Balaban J connectivity index is 1.90. The molecule has 12 heavy (non-hydrogen) atoms. The summed E-state index contributed by atoms with van der Waals surface area (Å²) in [5.74, 6) is 0.593. The molecule has 3 N–H and O–H groups in total. The van der Waals surface area contributed by atoms with E-state index in [1.165, 1.54) is 0 Å². The highest BCUT2D eigenvalue weighted by Crippen LogP contribution is 2.18. The van der Waals surface area contributed by atoms with Crippen LogP contribution in [0.5, 0.6) is 0 Å². The lowest BCUT2D eigenvalue weighted by molar-refractivity contribution is -0.0633. The molecule has 0 saturated carbocycles. The highest BCUT2D eigenvalue weighted by Gasteiger charge is 2.35. The van der Waals surface area contributed by atoms with Gasteiger partial charge in [-0.15, -0.1) is 0 Å². The minimum Gasteiger partial charge on any atom is -0.395 e. The Bertz CT molecular complexity index is 150. The number of aliphatic hydroxyl groups excluding tert-OH is 1. The average molecular weight is 172 g/mol. The highest BCUT2D eigenvalue weighted by molar-refractivity contribution is 4.91. The highest BCUT2D eigenvalue weighted by atomic mass is 16.5. The lowest BCUT2D eigenvalue weighted by atomic mass is 9.90. The number of rotatable bonds is 2. The first-order valence-corrected chi connectivity index (χ1v) is 4.58. The Labute approximate surface area is 72.3 Å². The van der Waals surface area contributed by atoms with Crippen LogP contribution in [-0.4, -0.2) is 50.1 Å². The molecule has 70 valence electrons. The molecule has 0 spiro atoms. The molecule has 4 nitrogen and oxygen atoms in total. The van der Waals surface area contributed by atoms with Gasteiger partial charge in [0.1, 0.15) is 0 Å². The third-order valence-electron chi connectivity index (χ3n) is 2.69. The zero-order valence-corrected chi connectivity index (χ0v) is 7.12. The van der Waals surface area contributed by atoms with Gasteiger partial charge in [0.05, 0.1) is 25.4 Å². The van der Waals surface area contributed by atoms with Crippen molar-refractivity contribution in [2.45, 2.75) is 12.1 Å². The standard InChI is InChI=1S/C8H16N2O2/c11-5-7-8(6-3-9-4-6)12-2-1-10-7/h6-11H,1-5H2. The van der Waals surface area contributed by atoms with E-state index in [4.69, 9.17) is 9.84 Å². The molecule has 2 aliphatic rings. The summed E-state index contributed by atoms with van der Waals surface area (Å²) >= 11 is 0. The minimum absolute atomic E-state index is 0.144. The van der Waals surface area contributed by atoms with Gasteiger partial charge in [-0.3, -0.25) is 0 Å². The molecule has 0 aromatic heterocycles. The predicted octanol–water partition coefficient (Wildman–Crippen LogP) is -1.44. The summed E-state index contributed by atoms with van der Waals surface area (Å²) in [6.07, 6.45) is 0.213. The second-order valence-corrected chi connectivity index (χ2v) is 3.50. The van der Waals surface area contributed by atoms with E-state index in [1.54, 1.807) is 0 Å². The molecule has 0 aromatic rings. The third kappa shape index (κ3) is 1.47. The Morgan fingerprint density at radius 1 is 1.42 bits per heavy atom. The van der Waals surface area contributed by atoms with Crippen LogP contribution in [0.2, 0.25) is 0 Å². The van der Waals surface area contributed by atoms with Crippen molar-refractivity contribution in [3.05, 3.63) is 0 Å². The molecule has 2 atom stereocenters. The third-order valence-corrected chi connectivity index (χ3v) is 2.69. The van der Waals surface area contributed by atoms with Crippen LogP contribution in [0.3, 0.4) is 0 Å². The number of nitrogens with one attached hydrogen (secondary N) is 2. The zero-order chi connectivity index (χ0) is 8.39. The fraction of sp³-hybridized carbons (Fsp3) is 1.00.